The van der Waals surface area contributed by atoms with Gasteiger partial charge in [0.25, 0.3) is 0 Å². The molecular weight excluding hydrogens is 168 g/mol. The third-order valence-electron chi connectivity index (χ3n) is 2.33. The minimum atomic E-state index is 1.17. The third-order valence-corrected chi connectivity index (χ3v) is 2.33. The molecule has 0 aliphatic rings. The highest BCUT2D eigenvalue weighted by atomic mass is 14.0. The average Bonchev–Trinajstić information content (AvgIpc) is 2.21. The monoisotopic (exact) mass is 187 g/mol. The smallest absolute Gasteiger partial charge is 0.0151 e. The van der Waals surface area contributed by atoms with Crippen LogP contribution in [-0.4, -0.2) is 0 Å². The van der Waals surface area contributed by atoms with Crippen LogP contribution in [0.2, 0.25) is 0 Å². The van der Waals surface area contributed by atoms with Crippen LogP contribution in [0.5, 0.6) is 0 Å². The molecule has 1 aromatic rings. The molecule has 0 heteroatoms. The zero-order valence-electron chi connectivity index (χ0n) is 9.22. The molecular formula is C14H19. The Morgan fingerprint density at radius 1 is 1.14 bits per heavy atom. The molecule has 1 radical (unpaired) electrons. The standard InChI is InChI=1S/C14H19/c1-3-5-6-8-14-11-9-13(7-4-2)10-12-14/h4,9-12H,3,5-6,8H2,1-2H3. The lowest BCUT2D eigenvalue weighted by Gasteiger charge is -2.00. The van der Waals surface area contributed by atoms with E-state index < -0.39 is 0 Å². The van der Waals surface area contributed by atoms with E-state index in [1.54, 1.807) is 0 Å². The zero-order chi connectivity index (χ0) is 10.2. The maximum absolute atomic E-state index is 3.18. The summed E-state index contributed by atoms with van der Waals surface area (Å²) in [5, 5.41) is 0. The van der Waals surface area contributed by atoms with Crippen LogP contribution in [0.15, 0.2) is 30.3 Å². The highest BCUT2D eigenvalue weighted by Gasteiger charge is 1.92. The van der Waals surface area contributed by atoms with E-state index in [2.05, 4.69) is 37.3 Å². The molecule has 0 saturated heterocycles. The van der Waals surface area contributed by atoms with Gasteiger partial charge in [0.1, 0.15) is 0 Å². The van der Waals surface area contributed by atoms with Crippen molar-refractivity contribution in [3.8, 4) is 0 Å². The normalized spacial score (nSPS) is 11.0. The van der Waals surface area contributed by atoms with E-state index in [9.17, 15) is 0 Å². The van der Waals surface area contributed by atoms with Crippen LogP contribution in [0.1, 0.15) is 44.2 Å². The maximum Gasteiger partial charge on any atom is -0.0151 e. The Morgan fingerprint density at radius 3 is 2.43 bits per heavy atom. The molecule has 0 aliphatic heterocycles. The highest BCUT2D eigenvalue weighted by Crippen LogP contribution is 2.08. The molecule has 0 saturated carbocycles. The summed E-state index contributed by atoms with van der Waals surface area (Å²) in [7, 11) is 0. The van der Waals surface area contributed by atoms with Gasteiger partial charge in [-0.15, -0.1) is 0 Å². The molecule has 75 valence electrons. The van der Waals surface area contributed by atoms with Crippen molar-refractivity contribution in [3.05, 3.63) is 47.5 Å². The van der Waals surface area contributed by atoms with E-state index in [1.807, 2.05) is 13.0 Å². The first-order valence-corrected chi connectivity index (χ1v) is 5.50. The van der Waals surface area contributed by atoms with Crippen molar-refractivity contribution in [3.63, 3.8) is 0 Å². The Balaban J connectivity index is 2.46. The van der Waals surface area contributed by atoms with Crippen molar-refractivity contribution in [1.82, 2.24) is 0 Å². The quantitative estimate of drug-likeness (QED) is 0.607. The number of unbranched alkanes of at least 4 members (excludes halogenated alkanes) is 2. The summed E-state index contributed by atoms with van der Waals surface area (Å²) in [6.07, 6.45) is 10.3. The lowest BCUT2D eigenvalue weighted by Crippen LogP contribution is -1.85. The van der Waals surface area contributed by atoms with Crippen molar-refractivity contribution in [2.75, 3.05) is 0 Å². The molecule has 0 fully saturated rings. The van der Waals surface area contributed by atoms with Gasteiger partial charge < -0.3 is 0 Å². The minimum Gasteiger partial charge on any atom is -0.0792 e. The molecule has 0 aliphatic carbocycles. The fourth-order valence-corrected chi connectivity index (χ4v) is 1.51. The predicted octanol–water partition coefficient (Wildman–Crippen LogP) is 4.15. The number of aryl methyl sites for hydroxylation is 1. The van der Waals surface area contributed by atoms with Crippen molar-refractivity contribution in [2.45, 2.75) is 39.5 Å². The van der Waals surface area contributed by atoms with Gasteiger partial charge in [-0.05, 0) is 37.0 Å². The average molecular weight is 187 g/mol. The molecule has 0 heterocycles. The van der Waals surface area contributed by atoms with Gasteiger partial charge in [-0.2, -0.15) is 0 Å². The third kappa shape index (κ3) is 3.78. The van der Waals surface area contributed by atoms with E-state index in [4.69, 9.17) is 0 Å². The maximum atomic E-state index is 3.18. The second-order valence-corrected chi connectivity index (χ2v) is 3.59. The van der Waals surface area contributed by atoms with Crippen LogP contribution < -0.4 is 0 Å². The summed E-state index contributed by atoms with van der Waals surface area (Å²) in [6, 6.07) is 8.70. The van der Waals surface area contributed by atoms with Gasteiger partial charge in [0.05, 0.1) is 0 Å². The van der Waals surface area contributed by atoms with Crippen LogP contribution in [0, 0.1) is 6.08 Å². The molecule has 0 bridgehead atoms. The van der Waals surface area contributed by atoms with Gasteiger partial charge in [0.15, 0.2) is 0 Å². The highest BCUT2D eigenvalue weighted by molar-refractivity contribution is 5.26. The molecule has 1 aromatic carbocycles. The van der Waals surface area contributed by atoms with Crippen molar-refractivity contribution in [1.29, 1.82) is 0 Å². The molecule has 0 N–H and O–H groups in total. The van der Waals surface area contributed by atoms with Crippen LogP contribution in [0.25, 0.3) is 0 Å². The summed E-state index contributed by atoms with van der Waals surface area (Å²) in [5.41, 5.74) is 2.62. The number of benzene rings is 1. The number of rotatable bonds is 5. The zero-order valence-corrected chi connectivity index (χ0v) is 9.22. The van der Waals surface area contributed by atoms with Crippen LogP contribution in [0.4, 0.5) is 0 Å². The van der Waals surface area contributed by atoms with E-state index in [-0.39, 0.29) is 0 Å². The molecule has 0 spiro atoms. The van der Waals surface area contributed by atoms with E-state index in [1.165, 1.54) is 36.8 Å². The van der Waals surface area contributed by atoms with E-state index >= 15 is 0 Å². The first-order chi connectivity index (χ1) is 6.86. The lowest BCUT2D eigenvalue weighted by atomic mass is 10.1. The topological polar surface area (TPSA) is 0 Å². The lowest BCUT2D eigenvalue weighted by molar-refractivity contribution is 0.717. The second-order valence-electron chi connectivity index (χ2n) is 3.59. The Kier molecular flexibility index (Phi) is 5.06. The molecule has 1 rings (SSSR count). The Hall–Kier alpha value is -1.04. The van der Waals surface area contributed by atoms with Crippen molar-refractivity contribution in [2.24, 2.45) is 0 Å². The van der Waals surface area contributed by atoms with Crippen LogP contribution in [0.3, 0.4) is 0 Å². The first kappa shape index (κ1) is 11.0. The Labute approximate surface area is 87.7 Å². The van der Waals surface area contributed by atoms with Gasteiger partial charge in [0.2, 0.25) is 0 Å². The summed E-state index contributed by atoms with van der Waals surface area (Å²) in [4.78, 5) is 0. The fourth-order valence-electron chi connectivity index (χ4n) is 1.51. The number of allylic oxidation sites excluding steroid dienone is 1. The first-order valence-electron chi connectivity index (χ1n) is 5.50. The summed E-state index contributed by atoms with van der Waals surface area (Å²) in [6.45, 7) is 4.24. The largest absolute Gasteiger partial charge is 0.0792 e. The molecule has 0 atom stereocenters. The summed E-state index contributed by atoms with van der Waals surface area (Å²) >= 11 is 0. The Bertz CT molecular complexity index is 267. The molecule has 0 unspecified atom stereocenters. The minimum absolute atomic E-state index is 1.17. The molecule has 0 aromatic heterocycles. The SMILES string of the molecule is C/C=[C]/c1ccc(CCCCC)cc1. The Morgan fingerprint density at radius 2 is 1.86 bits per heavy atom. The van der Waals surface area contributed by atoms with Gasteiger partial charge in [0, 0.05) is 0 Å². The van der Waals surface area contributed by atoms with Crippen LogP contribution in [-0.2, 0) is 6.42 Å². The van der Waals surface area contributed by atoms with Gasteiger partial charge in [-0.25, -0.2) is 0 Å². The van der Waals surface area contributed by atoms with E-state index in [0.717, 1.165) is 0 Å². The summed E-state index contributed by atoms with van der Waals surface area (Å²) in [5.74, 6) is 0. The summed E-state index contributed by atoms with van der Waals surface area (Å²) < 4.78 is 0. The number of hydrogen-bond donors (Lipinski definition) is 0. The fraction of sp³-hybridized carbons (Fsp3) is 0.429. The predicted molar refractivity (Wildman–Crippen MR) is 62.3 cm³/mol. The number of hydrogen-bond acceptors (Lipinski definition) is 0. The second kappa shape index (κ2) is 6.42. The van der Waals surface area contributed by atoms with E-state index in [0.29, 0.717) is 0 Å². The van der Waals surface area contributed by atoms with Crippen LogP contribution >= 0.6 is 0 Å². The molecule has 0 amide bonds. The van der Waals surface area contributed by atoms with Gasteiger partial charge in [-0.3, -0.25) is 0 Å². The van der Waals surface area contributed by atoms with Gasteiger partial charge >= 0.3 is 0 Å². The molecule has 14 heavy (non-hydrogen) atoms. The van der Waals surface area contributed by atoms with Gasteiger partial charge in [-0.1, -0.05) is 50.1 Å². The van der Waals surface area contributed by atoms with Crippen molar-refractivity contribution >= 4 is 0 Å². The molecule has 0 nitrogen and oxygen atoms in total. The van der Waals surface area contributed by atoms with Crippen molar-refractivity contribution < 1.29 is 0 Å².